The highest BCUT2D eigenvalue weighted by atomic mass is 16.4. The minimum absolute atomic E-state index is 0.00332. The lowest BCUT2D eigenvalue weighted by molar-refractivity contribution is -0.148. The van der Waals surface area contributed by atoms with E-state index in [1.54, 1.807) is 12.1 Å². The molecule has 0 saturated carbocycles. The third kappa shape index (κ3) is 7.15. The fraction of sp³-hybridized carbons (Fsp3) is 0.476. The zero-order valence-electron chi connectivity index (χ0n) is 18.2. The third-order valence-electron chi connectivity index (χ3n) is 5.36. The highest BCUT2D eigenvalue weighted by Gasteiger charge is 2.39. The number of aliphatic carboxylic acids is 2. The molecule has 8 N–H and O–H groups in total. The number of amides is 3. The van der Waals surface area contributed by atoms with Crippen molar-refractivity contribution in [1.82, 2.24) is 15.5 Å². The molecule has 4 unspecified atom stereocenters. The van der Waals surface area contributed by atoms with Crippen molar-refractivity contribution in [3.05, 3.63) is 29.8 Å². The third-order valence-corrected chi connectivity index (χ3v) is 5.36. The number of carboxylic acid groups (broad SMARTS) is 2. The van der Waals surface area contributed by atoms with E-state index in [0.717, 1.165) is 0 Å². The highest BCUT2D eigenvalue weighted by molar-refractivity contribution is 5.95. The first-order valence-electron chi connectivity index (χ1n) is 10.5. The van der Waals surface area contributed by atoms with Gasteiger partial charge in [0.05, 0.1) is 13.0 Å². The fourth-order valence-corrected chi connectivity index (χ4v) is 3.58. The average Bonchev–Trinajstić information content (AvgIpc) is 3.28. The largest absolute Gasteiger partial charge is 0.508 e. The minimum Gasteiger partial charge on any atom is -0.508 e. The van der Waals surface area contributed by atoms with Crippen molar-refractivity contribution in [3.63, 3.8) is 0 Å². The molecule has 0 spiro atoms. The quantitative estimate of drug-likeness (QED) is 0.181. The first-order valence-corrected chi connectivity index (χ1v) is 10.5. The maximum Gasteiger partial charge on any atom is 0.326 e. The van der Waals surface area contributed by atoms with Gasteiger partial charge in [0.15, 0.2) is 0 Å². The zero-order valence-corrected chi connectivity index (χ0v) is 18.2. The van der Waals surface area contributed by atoms with Crippen LogP contribution in [0.4, 0.5) is 0 Å². The summed E-state index contributed by atoms with van der Waals surface area (Å²) in [6.45, 7) is -0.498. The molecule has 1 heterocycles. The van der Waals surface area contributed by atoms with Crippen LogP contribution in [-0.2, 0) is 30.4 Å². The number of likely N-dealkylation sites (tertiary alicyclic amines) is 1. The predicted octanol–water partition coefficient (Wildman–Crippen LogP) is -2.23. The monoisotopic (exact) mass is 480 g/mol. The molecule has 1 aromatic carbocycles. The molecule has 0 aliphatic carbocycles. The second-order valence-electron chi connectivity index (χ2n) is 7.91. The summed E-state index contributed by atoms with van der Waals surface area (Å²) in [7, 11) is 0. The Bertz CT molecular complexity index is 921. The standard InChI is InChI=1S/C21H28N4O9/c22-13(10-26)18(30)23-14(8-11-3-5-12(27)6-4-11)20(32)25-7-1-2-16(25)19(31)24-15(21(33)34)9-17(28)29/h3-6,13-16,26-27H,1-2,7-10,22H2,(H,23,30)(H,24,31)(H,28,29)(H,33,34). The van der Waals surface area contributed by atoms with Crippen LogP contribution in [-0.4, -0.2) is 92.3 Å². The number of carbonyl (C=O) groups excluding carboxylic acids is 3. The number of aromatic hydroxyl groups is 1. The molecule has 1 fully saturated rings. The smallest absolute Gasteiger partial charge is 0.326 e. The molecule has 1 aliphatic heterocycles. The van der Waals surface area contributed by atoms with Gasteiger partial charge in [-0.15, -0.1) is 0 Å². The molecule has 1 saturated heterocycles. The lowest BCUT2D eigenvalue weighted by atomic mass is 10.0. The average molecular weight is 480 g/mol. The normalized spacial score (nSPS) is 17.9. The van der Waals surface area contributed by atoms with Gasteiger partial charge in [0.25, 0.3) is 0 Å². The van der Waals surface area contributed by atoms with Gasteiger partial charge in [-0.3, -0.25) is 19.2 Å². The van der Waals surface area contributed by atoms with Gasteiger partial charge in [-0.05, 0) is 30.5 Å². The van der Waals surface area contributed by atoms with Crippen LogP contribution < -0.4 is 16.4 Å². The van der Waals surface area contributed by atoms with Gasteiger partial charge >= 0.3 is 11.9 Å². The number of hydrogen-bond donors (Lipinski definition) is 7. The molecular weight excluding hydrogens is 452 g/mol. The summed E-state index contributed by atoms with van der Waals surface area (Å²) >= 11 is 0. The van der Waals surface area contributed by atoms with E-state index in [-0.39, 0.29) is 25.1 Å². The Morgan fingerprint density at radius 2 is 1.71 bits per heavy atom. The molecule has 0 aromatic heterocycles. The number of carboxylic acids is 2. The molecule has 3 amide bonds. The van der Waals surface area contributed by atoms with Crippen LogP contribution in [0.5, 0.6) is 5.75 Å². The van der Waals surface area contributed by atoms with E-state index >= 15 is 0 Å². The van der Waals surface area contributed by atoms with Crippen LogP contribution >= 0.6 is 0 Å². The summed E-state index contributed by atoms with van der Waals surface area (Å²) < 4.78 is 0. The lowest BCUT2D eigenvalue weighted by Crippen LogP contribution is -2.57. The first kappa shape index (κ1) is 26.5. The van der Waals surface area contributed by atoms with Gasteiger partial charge in [-0.2, -0.15) is 0 Å². The van der Waals surface area contributed by atoms with Crippen molar-refractivity contribution in [2.45, 2.75) is 49.9 Å². The van der Waals surface area contributed by atoms with Crippen LogP contribution in [0.3, 0.4) is 0 Å². The SMILES string of the molecule is NC(CO)C(=O)NC(Cc1ccc(O)cc1)C(=O)N1CCCC1C(=O)NC(CC(=O)O)C(=O)O. The van der Waals surface area contributed by atoms with Gasteiger partial charge in [0.1, 0.15) is 29.9 Å². The van der Waals surface area contributed by atoms with Crippen molar-refractivity contribution in [3.8, 4) is 5.75 Å². The molecule has 4 atom stereocenters. The van der Waals surface area contributed by atoms with Gasteiger partial charge in [0, 0.05) is 13.0 Å². The Labute approximate surface area is 194 Å². The van der Waals surface area contributed by atoms with E-state index in [0.29, 0.717) is 12.0 Å². The van der Waals surface area contributed by atoms with Gasteiger partial charge < -0.3 is 41.7 Å². The van der Waals surface area contributed by atoms with E-state index in [4.69, 9.17) is 15.9 Å². The zero-order chi connectivity index (χ0) is 25.4. The molecule has 13 nitrogen and oxygen atoms in total. The Morgan fingerprint density at radius 3 is 2.26 bits per heavy atom. The molecule has 186 valence electrons. The number of nitrogens with zero attached hydrogens (tertiary/aromatic N) is 1. The van der Waals surface area contributed by atoms with Gasteiger partial charge in [-0.25, -0.2) is 4.79 Å². The number of phenolic OH excluding ortho intramolecular Hbond substituents is 1. The maximum absolute atomic E-state index is 13.3. The molecule has 1 aliphatic rings. The number of aliphatic hydroxyl groups is 1. The van der Waals surface area contributed by atoms with Gasteiger partial charge in [0.2, 0.25) is 17.7 Å². The Morgan fingerprint density at radius 1 is 1.06 bits per heavy atom. The summed E-state index contributed by atoms with van der Waals surface area (Å²) in [5, 5.41) is 41.3. The minimum atomic E-state index is -1.67. The lowest BCUT2D eigenvalue weighted by Gasteiger charge is -2.30. The molecule has 1 aromatic rings. The molecule has 0 radical (unpaired) electrons. The summed E-state index contributed by atoms with van der Waals surface area (Å²) in [6, 6.07) is 0.720. The number of phenols is 1. The highest BCUT2D eigenvalue weighted by Crippen LogP contribution is 2.21. The number of aliphatic hydroxyl groups excluding tert-OH is 1. The number of rotatable bonds is 11. The van der Waals surface area contributed by atoms with E-state index in [1.807, 2.05) is 0 Å². The van der Waals surface area contributed by atoms with Crippen molar-refractivity contribution < 1.29 is 44.4 Å². The number of nitrogens with two attached hydrogens (primary N) is 1. The van der Waals surface area contributed by atoms with Crippen LogP contribution in [0.25, 0.3) is 0 Å². The number of hydrogen-bond acceptors (Lipinski definition) is 8. The number of benzene rings is 1. The molecule has 2 rings (SSSR count). The molecule has 13 heteroatoms. The van der Waals surface area contributed by atoms with E-state index in [2.05, 4.69) is 10.6 Å². The molecule has 34 heavy (non-hydrogen) atoms. The second-order valence-corrected chi connectivity index (χ2v) is 7.91. The van der Waals surface area contributed by atoms with Gasteiger partial charge in [-0.1, -0.05) is 12.1 Å². The second kappa shape index (κ2) is 12.0. The van der Waals surface area contributed by atoms with E-state index < -0.39 is 66.9 Å². The topological polar surface area (TPSA) is 220 Å². The van der Waals surface area contributed by atoms with Crippen molar-refractivity contribution >= 4 is 29.7 Å². The summed E-state index contributed by atoms with van der Waals surface area (Å²) in [5.41, 5.74) is 6.13. The molecular formula is C21H28N4O9. The Kier molecular flexibility index (Phi) is 9.33. The summed E-state index contributed by atoms with van der Waals surface area (Å²) in [4.78, 5) is 61.7. The first-order chi connectivity index (χ1) is 16.0. The van der Waals surface area contributed by atoms with E-state index in [1.165, 1.54) is 17.0 Å². The van der Waals surface area contributed by atoms with Crippen molar-refractivity contribution in [2.75, 3.05) is 13.2 Å². The van der Waals surface area contributed by atoms with Crippen molar-refractivity contribution in [2.24, 2.45) is 5.73 Å². The van der Waals surface area contributed by atoms with E-state index in [9.17, 15) is 34.2 Å². The fourth-order valence-electron chi connectivity index (χ4n) is 3.58. The Balaban J connectivity index is 2.22. The van der Waals surface area contributed by atoms with Crippen LogP contribution in [0.15, 0.2) is 24.3 Å². The summed E-state index contributed by atoms with van der Waals surface area (Å²) in [5.74, 6) is -5.17. The summed E-state index contributed by atoms with van der Waals surface area (Å²) in [6.07, 6.45) is -0.200. The molecule has 0 bridgehead atoms. The van der Waals surface area contributed by atoms with Crippen LogP contribution in [0, 0.1) is 0 Å². The number of carbonyl (C=O) groups is 5. The number of nitrogens with one attached hydrogen (secondary N) is 2. The maximum atomic E-state index is 13.3. The predicted molar refractivity (Wildman–Crippen MR) is 115 cm³/mol. The Hall–Kier alpha value is -3.71. The van der Waals surface area contributed by atoms with Crippen molar-refractivity contribution in [1.29, 1.82) is 0 Å². The van der Waals surface area contributed by atoms with Crippen LogP contribution in [0.1, 0.15) is 24.8 Å². The van der Waals surface area contributed by atoms with Crippen LogP contribution in [0.2, 0.25) is 0 Å².